The van der Waals surface area contributed by atoms with Gasteiger partial charge in [0.2, 0.25) is 0 Å². The van der Waals surface area contributed by atoms with Gasteiger partial charge in [-0.25, -0.2) is 0 Å². The van der Waals surface area contributed by atoms with Crippen LogP contribution in [-0.4, -0.2) is 23.2 Å². The Bertz CT molecular complexity index is 370. The zero-order chi connectivity index (χ0) is 11.6. The molecule has 2 atom stereocenters. The van der Waals surface area contributed by atoms with E-state index in [0.29, 0.717) is 12.2 Å². The Kier molecular flexibility index (Phi) is 3.12. The third-order valence-corrected chi connectivity index (χ3v) is 3.25. The summed E-state index contributed by atoms with van der Waals surface area (Å²) in [6.07, 6.45) is 6.61. The van der Waals surface area contributed by atoms with E-state index in [0.717, 1.165) is 24.8 Å². The largest absolute Gasteiger partial charge is 0.495 e. The van der Waals surface area contributed by atoms with Gasteiger partial charge in [-0.3, -0.25) is 4.98 Å². The van der Waals surface area contributed by atoms with Gasteiger partial charge < -0.3 is 15.6 Å². The van der Waals surface area contributed by atoms with Gasteiger partial charge in [-0.2, -0.15) is 0 Å². The van der Waals surface area contributed by atoms with Gasteiger partial charge in [0.25, 0.3) is 0 Å². The maximum absolute atomic E-state index is 10.6. The topological polar surface area (TPSA) is 68.4 Å². The predicted octanol–water partition coefficient (Wildman–Crippen LogP) is 1.18. The third-order valence-electron chi connectivity index (χ3n) is 3.25. The minimum atomic E-state index is -0.834. The highest BCUT2D eigenvalue weighted by molar-refractivity contribution is 5.28. The second kappa shape index (κ2) is 4.39. The Morgan fingerprint density at radius 3 is 3.06 bits per heavy atom. The number of ether oxygens (including phenoxy) is 1. The fourth-order valence-corrected chi connectivity index (χ4v) is 2.34. The number of hydrogen-bond acceptors (Lipinski definition) is 4. The lowest BCUT2D eigenvalue weighted by Crippen LogP contribution is -2.39. The molecule has 0 amide bonds. The van der Waals surface area contributed by atoms with Crippen LogP contribution in [0.25, 0.3) is 0 Å². The second-order valence-electron chi connectivity index (χ2n) is 4.50. The Morgan fingerprint density at radius 1 is 1.56 bits per heavy atom. The summed E-state index contributed by atoms with van der Waals surface area (Å²) in [5.74, 6) is 0.671. The Labute approximate surface area is 95.4 Å². The fraction of sp³-hybridized carbons (Fsp3) is 0.583. The predicted molar refractivity (Wildman–Crippen MR) is 61.1 cm³/mol. The molecule has 0 bridgehead atoms. The highest BCUT2D eigenvalue weighted by Gasteiger charge is 2.35. The van der Waals surface area contributed by atoms with Gasteiger partial charge >= 0.3 is 0 Å². The van der Waals surface area contributed by atoms with Crippen molar-refractivity contribution in [3.05, 3.63) is 24.0 Å². The summed E-state index contributed by atoms with van der Waals surface area (Å²) in [7, 11) is 1.59. The van der Waals surface area contributed by atoms with Gasteiger partial charge in [0.05, 0.1) is 18.9 Å². The van der Waals surface area contributed by atoms with Crippen molar-refractivity contribution in [1.82, 2.24) is 4.98 Å². The van der Waals surface area contributed by atoms with Crippen LogP contribution in [0.3, 0.4) is 0 Å². The number of aromatic nitrogens is 1. The van der Waals surface area contributed by atoms with Gasteiger partial charge in [-0.15, -0.1) is 0 Å². The van der Waals surface area contributed by atoms with Crippen molar-refractivity contribution >= 4 is 0 Å². The average molecular weight is 222 g/mol. The molecule has 1 heterocycles. The first-order valence-electron chi connectivity index (χ1n) is 5.61. The van der Waals surface area contributed by atoms with E-state index in [2.05, 4.69) is 4.98 Å². The lowest BCUT2D eigenvalue weighted by Gasteiger charge is -2.35. The highest BCUT2D eigenvalue weighted by atomic mass is 16.5. The van der Waals surface area contributed by atoms with Crippen molar-refractivity contribution in [2.24, 2.45) is 5.73 Å². The smallest absolute Gasteiger partial charge is 0.137 e. The summed E-state index contributed by atoms with van der Waals surface area (Å²) < 4.78 is 5.11. The highest BCUT2D eigenvalue weighted by Crippen LogP contribution is 2.37. The minimum Gasteiger partial charge on any atom is -0.495 e. The lowest BCUT2D eigenvalue weighted by atomic mass is 9.78. The number of methoxy groups -OCH3 is 1. The maximum atomic E-state index is 10.6. The molecule has 0 aromatic carbocycles. The molecule has 16 heavy (non-hydrogen) atoms. The molecule has 3 N–H and O–H groups in total. The molecule has 1 aromatic heterocycles. The van der Waals surface area contributed by atoms with E-state index >= 15 is 0 Å². The summed E-state index contributed by atoms with van der Waals surface area (Å²) in [5.41, 5.74) is 5.88. The maximum Gasteiger partial charge on any atom is 0.137 e. The van der Waals surface area contributed by atoms with Crippen molar-refractivity contribution in [1.29, 1.82) is 0 Å². The molecular weight excluding hydrogens is 204 g/mol. The van der Waals surface area contributed by atoms with Crippen LogP contribution >= 0.6 is 0 Å². The summed E-state index contributed by atoms with van der Waals surface area (Å²) >= 11 is 0. The zero-order valence-electron chi connectivity index (χ0n) is 9.52. The number of hydrogen-bond donors (Lipinski definition) is 2. The first-order valence-corrected chi connectivity index (χ1v) is 5.61. The summed E-state index contributed by atoms with van der Waals surface area (Å²) in [6.45, 7) is 0. The molecule has 2 rings (SSSR count). The fourth-order valence-electron chi connectivity index (χ4n) is 2.34. The van der Waals surface area contributed by atoms with Crippen LogP contribution in [0.15, 0.2) is 18.5 Å². The molecule has 4 heteroatoms. The van der Waals surface area contributed by atoms with E-state index in [1.54, 1.807) is 19.5 Å². The van der Waals surface area contributed by atoms with Crippen LogP contribution in [-0.2, 0) is 5.60 Å². The summed E-state index contributed by atoms with van der Waals surface area (Å²) in [5, 5.41) is 10.6. The van der Waals surface area contributed by atoms with E-state index < -0.39 is 5.60 Å². The molecule has 1 aliphatic carbocycles. The van der Waals surface area contributed by atoms with Crippen LogP contribution in [0.2, 0.25) is 0 Å². The molecule has 88 valence electrons. The SMILES string of the molecule is COc1cncc(C2(O)CCCC(N)C2)c1. The molecule has 1 aliphatic rings. The molecule has 1 aromatic rings. The Hall–Kier alpha value is -1.13. The van der Waals surface area contributed by atoms with Crippen molar-refractivity contribution in [3.63, 3.8) is 0 Å². The standard InChI is InChI=1S/C12H18N2O2/c1-16-11-5-9(7-14-8-11)12(15)4-2-3-10(13)6-12/h5,7-8,10,15H,2-4,6,13H2,1H3. The molecule has 0 radical (unpaired) electrons. The van der Waals surface area contributed by atoms with Crippen LogP contribution < -0.4 is 10.5 Å². The molecular formula is C12H18N2O2. The van der Waals surface area contributed by atoms with Crippen LogP contribution in [0.1, 0.15) is 31.2 Å². The Morgan fingerprint density at radius 2 is 2.38 bits per heavy atom. The van der Waals surface area contributed by atoms with E-state index in [9.17, 15) is 5.11 Å². The first-order chi connectivity index (χ1) is 7.64. The molecule has 1 saturated carbocycles. The van der Waals surface area contributed by atoms with E-state index in [1.807, 2.05) is 6.07 Å². The van der Waals surface area contributed by atoms with Crippen molar-refractivity contribution in [3.8, 4) is 5.75 Å². The van der Waals surface area contributed by atoms with Crippen LogP contribution in [0.4, 0.5) is 0 Å². The molecule has 1 fully saturated rings. The normalized spacial score (nSPS) is 30.1. The molecule has 4 nitrogen and oxygen atoms in total. The average Bonchev–Trinajstić information content (AvgIpc) is 2.29. The van der Waals surface area contributed by atoms with Crippen molar-refractivity contribution in [2.45, 2.75) is 37.3 Å². The number of pyridine rings is 1. The van der Waals surface area contributed by atoms with Gasteiger partial charge in [0, 0.05) is 17.8 Å². The monoisotopic (exact) mass is 222 g/mol. The van der Waals surface area contributed by atoms with E-state index in [4.69, 9.17) is 10.5 Å². The second-order valence-corrected chi connectivity index (χ2v) is 4.50. The molecule has 2 unspecified atom stereocenters. The number of nitrogens with two attached hydrogens (primary N) is 1. The Balaban J connectivity index is 2.27. The molecule has 0 spiro atoms. The minimum absolute atomic E-state index is 0.0740. The van der Waals surface area contributed by atoms with Gasteiger partial charge in [-0.05, 0) is 31.7 Å². The van der Waals surface area contributed by atoms with Crippen LogP contribution in [0.5, 0.6) is 5.75 Å². The summed E-state index contributed by atoms with van der Waals surface area (Å²) in [6, 6.07) is 1.91. The van der Waals surface area contributed by atoms with E-state index in [1.165, 1.54) is 0 Å². The van der Waals surface area contributed by atoms with Crippen molar-refractivity contribution < 1.29 is 9.84 Å². The zero-order valence-corrected chi connectivity index (χ0v) is 9.52. The molecule has 0 saturated heterocycles. The van der Waals surface area contributed by atoms with Gasteiger partial charge in [0.15, 0.2) is 0 Å². The number of rotatable bonds is 2. The quantitative estimate of drug-likeness (QED) is 0.788. The van der Waals surface area contributed by atoms with Crippen molar-refractivity contribution in [2.75, 3.05) is 7.11 Å². The first kappa shape index (κ1) is 11.4. The van der Waals surface area contributed by atoms with Gasteiger partial charge in [-0.1, -0.05) is 0 Å². The summed E-state index contributed by atoms with van der Waals surface area (Å²) in [4.78, 5) is 4.08. The number of nitrogens with zero attached hydrogens (tertiary/aromatic N) is 1. The third kappa shape index (κ3) is 2.18. The van der Waals surface area contributed by atoms with E-state index in [-0.39, 0.29) is 6.04 Å². The lowest BCUT2D eigenvalue weighted by molar-refractivity contribution is -0.00762. The molecule has 0 aliphatic heterocycles. The number of aliphatic hydroxyl groups is 1. The van der Waals surface area contributed by atoms with Gasteiger partial charge in [0.1, 0.15) is 5.75 Å². The van der Waals surface area contributed by atoms with Crippen LogP contribution in [0, 0.1) is 0 Å².